The van der Waals surface area contributed by atoms with Gasteiger partial charge in [0.05, 0.1) is 7.11 Å². The van der Waals surface area contributed by atoms with Crippen LogP contribution in [0.25, 0.3) is 10.9 Å². The van der Waals surface area contributed by atoms with Crippen molar-refractivity contribution in [2.75, 3.05) is 13.7 Å². The van der Waals surface area contributed by atoms with Crippen LogP contribution < -0.4 is 0 Å². The number of hydrogen-bond donors (Lipinski definition) is 1. The first kappa shape index (κ1) is 17.9. The number of amides is 1. The number of carbonyl (C=O) groups is 1. The second-order valence-electron chi connectivity index (χ2n) is 5.83. The number of aromatic nitrogens is 1. The van der Waals surface area contributed by atoms with E-state index in [-0.39, 0.29) is 0 Å². The van der Waals surface area contributed by atoms with Gasteiger partial charge in [-0.1, -0.05) is 50.3 Å². The summed E-state index contributed by atoms with van der Waals surface area (Å²) in [6.07, 6.45) is 7.89. The topological polar surface area (TPSA) is 45.3 Å². The highest BCUT2D eigenvalue weighted by molar-refractivity contribution is 5.83. The van der Waals surface area contributed by atoms with E-state index in [1.807, 2.05) is 24.4 Å². The van der Waals surface area contributed by atoms with Crippen LogP contribution in [-0.4, -0.2) is 29.6 Å². The van der Waals surface area contributed by atoms with Crippen molar-refractivity contribution in [2.45, 2.75) is 45.4 Å². The summed E-state index contributed by atoms with van der Waals surface area (Å²) in [4.78, 5) is 16.6. The number of fused-ring (bicyclic) bond motifs is 1. The molecule has 4 heteroatoms. The number of nitrogens with one attached hydrogen (secondary N) is 1. The minimum Gasteiger partial charge on any atom is -0.452 e. The molecule has 2 rings (SSSR count). The summed E-state index contributed by atoms with van der Waals surface area (Å²) < 4.78 is 4.84. The lowest BCUT2D eigenvalue weighted by Gasteiger charge is -2.13. The Labute approximate surface area is 144 Å². The molecule has 24 heavy (non-hydrogen) atoms. The lowest BCUT2D eigenvalue weighted by Crippen LogP contribution is -2.28. The van der Waals surface area contributed by atoms with Crippen molar-refractivity contribution < 1.29 is 9.53 Å². The van der Waals surface area contributed by atoms with Crippen molar-refractivity contribution in [2.24, 2.45) is 0 Å². The van der Waals surface area contributed by atoms with Crippen molar-refractivity contribution in [3.05, 3.63) is 36.0 Å². The van der Waals surface area contributed by atoms with Crippen LogP contribution in [0.3, 0.4) is 0 Å². The molecule has 1 aromatic carbocycles. The van der Waals surface area contributed by atoms with Gasteiger partial charge in [-0.05, 0) is 24.5 Å². The van der Waals surface area contributed by atoms with E-state index < -0.39 is 6.09 Å². The van der Waals surface area contributed by atoms with Crippen LogP contribution in [0.5, 0.6) is 0 Å². The Morgan fingerprint density at radius 1 is 1.25 bits per heavy atom. The van der Waals surface area contributed by atoms with E-state index in [4.69, 9.17) is 4.74 Å². The molecule has 0 aliphatic heterocycles. The van der Waals surface area contributed by atoms with Crippen LogP contribution in [-0.2, 0) is 11.2 Å². The summed E-state index contributed by atoms with van der Waals surface area (Å²) in [7, 11) is 1.39. The number of carbonyl (C=O) groups excluding carboxylic acids is 1. The van der Waals surface area contributed by atoms with Gasteiger partial charge >= 0.3 is 6.09 Å². The summed E-state index contributed by atoms with van der Waals surface area (Å²) in [5, 5.41) is 1.19. The highest BCUT2D eigenvalue weighted by atomic mass is 16.5. The maximum Gasteiger partial charge on any atom is 0.421 e. The molecule has 0 atom stereocenters. The fourth-order valence-corrected chi connectivity index (χ4v) is 2.67. The predicted molar refractivity (Wildman–Crippen MR) is 97.6 cm³/mol. The summed E-state index contributed by atoms with van der Waals surface area (Å²) in [5.41, 5.74) is 2.29. The van der Waals surface area contributed by atoms with Gasteiger partial charge < -0.3 is 9.72 Å². The number of rotatable bonds is 7. The second kappa shape index (κ2) is 9.67. The van der Waals surface area contributed by atoms with Crippen LogP contribution in [0.4, 0.5) is 4.79 Å². The molecule has 1 heterocycles. The molecule has 1 aromatic heterocycles. The van der Waals surface area contributed by atoms with Crippen LogP contribution in [0.2, 0.25) is 0 Å². The number of methoxy groups -OCH3 is 1. The number of unbranched alkanes of at least 4 members (excludes halogenated alkanes) is 4. The van der Waals surface area contributed by atoms with Crippen LogP contribution >= 0.6 is 0 Å². The highest BCUT2D eigenvalue weighted by Crippen LogP contribution is 2.18. The highest BCUT2D eigenvalue weighted by Gasteiger charge is 2.12. The number of aromatic amines is 1. The third-order valence-corrected chi connectivity index (χ3v) is 4.04. The number of benzene rings is 1. The Kier molecular flexibility index (Phi) is 7.22. The van der Waals surface area contributed by atoms with E-state index in [0.717, 1.165) is 24.8 Å². The molecule has 0 aliphatic rings. The molecule has 0 unspecified atom stereocenters. The van der Waals surface area contributed by atoms with Gasteiger partial charge in [-0.3, -0.25) is 0 Å². The smallest absolute Gasteiger partial charge is 0.421 e. The van der Waals surface area contributed by atoms with Crippen LogP contribution in [0, 0.1) is 12.0 Å². The van der Waals surface area contributed by atoms with Crippen LogP contribution in [0.15, 0.2) is 30.5 Å². The van der Waals surface area contributed by atoms with Gasteiger partial charge in [-0.2, -0.15) is 0 Å². The first-order valence-corrected chi connectivity index (χ1v) is 8.65. The van der Waals surface area contributed by atoms with Crippen molar-refractivity contribution in [1.29, 1.82) is 0 Å². The average Bonchev–Trinajstić information content (AvgIpc) is 3.03. The molecular weight excluding hydrogens is 300 g/mol. The first-order valence-electron chi connectivity index (χ1n) is 8.65. The molecule has 0 saturated carbocycles. The summed E-state index contributed by atoms with van der Waals surface area (Å²) in [6, 6.07) is 11.1. The van der Waals surface area contributed by atoms with Crippen LogP contribution in [0.1, 0.15) is 44.6 Å². The van der Waals surface area contributed by atoms with Crippen molar-refractivity contribution in [1.82, 2.24) is 9.88 Å². The maximum atomic E-state index is 11.9. The lowest BCUT2D eigenvalue weighted by molar-refractivity contribution is 0.143. The molecule has 0 bridgehead atoms. The zero-order chi connectivity index (χ0) is 17.2. The third kappa shape index (κ3) is 5.06. The van der Waals surface area contributed by atoms with Crippen molar-refractivity contribution >= 4 is 17.0 Å². The monoisotopic (exact) mass is 326 g/mol. The molecule has 1 N–H and O–H groups in total. The van der Waals surface area contributed by atoms with E-state index in [0.29, 0.717) is 6.54 Å². The second-order valence-corrected chi connectivity index (χ2v) is 5.83. The lowest BCUT2D eigenvalue weighted by atomic mass is 10.1. The Bertz CT molecular complexity index is 709. The average molecular weight is 326 g/mol. The Morgan fingerprint density at radius 3 is 2.88 bits per heavy atom. The largest absolute Gasteiger partial charge is 0.452 e. The minimum absolute atomic E-state index is 0.393. The molecule has 128 valence electrons. The van der Waals surface area contributed by atoms with Crippen molar-refractivity contribution in [3.63, 3.8) is 0 Å². The quantitative estimate of drug-likeness (QED) is 0.455. The van der Waals surface area contributed by atoms with E-state index in [1.165, 1.54) is 42.2 Å². The molecule has 0 radical (unpaired) electrons. The number of hydrogen-bond acceptors (Lipinski definition) is 2. The van der Waals surface area contributed by atoms with E-state index in [2.05, 4.69) is 29.9 Å². The van der Waals surface area contributed by atoms with Gasteiger partial charge in [0, 0.05) is 36.1 Å². The molecule has 2 aromatic rings. The van der Waals surface area contributed by atoms with Gasteiger partial charge in [0.15, 0.2) is 0 Å². The number of ether oxygens (including phenoxy) is 1. The fourth-order valence-electron chi connectivity index (χ4n) is 2.67. The normalized spacial score (nSPS) is 10.2. The fraction of sp³-hybridized carbons (Fsp3) is 0.450. The van der Waals surface area contributed by atoms with Gasteiger partial charge in [0.25, 0.3) is 0 Å². The minimum atomic E-state index is -0.393. The summed E-state index contributed by atoms with van der Waals surface area (Å²) in [5.74, 6) is 3.09. The molecule has 1 amide bonds. The Balaban J connectivity index is 1.94. The van der Waals surface area contributed by atoms with E-state index in [1.54, 1.807) is 0 Å². The zero-order valence-corrected chi connectivity index (χ0v) is 14.6. The third-order valence-electron chi connectivity index (χ3n) is 4.04. The van der Waals surface area contributed by atoms with E-state index >= 15 is 0 Å². The van der Waals surface area contributed by atoms with Gasteiger partial charge in [0.1, 0.15) is 0 Å². The van der Waals surface area contributed by atoms with Crippen molar-refractivity contribution in [3.8, 4) is 12.0 Å². The Morgan fingerprint density at radius 2 is 2.08 bits per heavy atom. The molecular formula is C20H26N2O2. The molecule has 0 spiro atoms. The van der Waals surface area contributed by atoms with Gasteiger partial charge in [-0.15, -0.1) is 0 Å². The first-order chi connectivity index (χ1) is 11.8. The SMILES string of the molecule is CCCCCCC#CN(CCc1c[nH]c2ccccc12)C(=O)OC. The summed E-state index contributed by atoms with van der Waals surface area (Å²) >= 11 is 0. The van der Waals surface area contributed by atoms with Gasteiger partial charge in [0.2, 0.25) is 0 Å². The predicted octanol–water partition coefficient (Wildman–Crippen LogP) is 4.71. The Hall–Kier alpha value is -2.41. The number of para-hydroxylation sites is 1. The maximum absolute atomic E-state index is 11.9. The molecule has 0 fully saturated rings. The van der Waals surface area contributed by atoms with Gasteiger partial charge in [-0.25, -0.2) is 9.69 Å². The standard InChI is InChI=1S/C20H26N2O2/c1-3-4-5-6-7-10-14-22(20(23)24-2)15-13-17-16-21-19-12-9-8-11-18(17)19/h8-9,11-12,16,21H,3-7,13,15H2,1-2H3. The molecule has 0 aliphatic carbocycles. The van der Waals surface area contributed by atoms with E-state index in [9.17, 15) is 4.79 Å². The number of nitrogens with zero attached hydrogens (tertiary/aromatic N) is 1. The zero-order valence-electron chi connectivity index (χ0n) is 14.6. The molecule has 4 nitrogen and oxygen atoms in total. The summed E-state index contributed by atoms with van der Waals surface area (Å²) in [6.45, 7) is 2.71. The molecule has 0 saturated heterocycles. The number of H-pyrrole nitrogens is 1.